The number of nitrogens with two attached hydrogens (primary N) is 1. The summed E-state index contributed by atoms with van der Waals surface area (Å²) in [6.07, 6.45) is 2.11. The predicted molar refractivity (Wildman–Crippen MR) is 78.7 cm³/mol. The van der Waals surface area contributed by atoms with Gasteiger partial charge in [0, 0.05) is 6.54 Å². The van der Waals surface area contributed by atoms with Gasteiger partial charge in [-0.25, -0.2) is 0 Å². The fraction of sp³-hybridized carbons (Fsp3) is 0.133. The number of fused-ring (bicyclic) bond motifs is 1. The van der Waals surface area contributed by atoms with Crippen molar-refractivity contribution in [1.29, 1.82) is 0 Å². The van der Waals surface area contributed by atoms with E-state index in [9.17, 15) is 10.0 Å². The molecule has 0 bridgehead atoms. The zero-order chi connectivity index (χ0) is 14.2. The first kappa shape index (κ1) is 13.1. The molecule has 0 saturated carbocycles. The van der Waals surface area contributed by atoms with Crippen LogP contribution in [-0.4, -0.2) is 16.6 Å². The Hall–Kier alpha value is -1.95. The lowest BCUT2D eigenvalue weighted by atomic mass is 9.53. The van der Waals surface area contributed by atoms with Crippen LogP contribution in [0.4, 0.5) is 0 Å². The highest BCUT2D eigenvalue weighted by Crippen LogP contribution is 2.25. The molecule has 0 aromatic heterocycles. The smallest absolute Gasteiger partial charge is 0.473 e. The summed E-state index contributed by atoms with van der Waals surface area (Å²) in [7, 11) is 0. The number of rotatable bonds is 3. The molecule has 0 amide bonds. The Bertz CT molecular complexity index is 626. The first-order chi connectivity index (χ1) is 9.58. The Kier molecular flexibility index (Phi) is 3.18. The Labute approximate surface area is 117 Å². The molecule has 3 rings (SSSR count). The maximum Gasteiger partial charge on any atom is 0.473 e. The fourth-order valence-electron chi connectivity index (χ4n) is 2.47. The summed E-state index contributed by atoms with van der Waals surface area (Å²) in [5.41, 5.74) is 8.06. The minimum Gasteiger partial charge on any atom is -0.537 e. The lowest BCUT2D eigenvalue weighted by Crippen LogP contribution is -2.46. The van der Waals surface area contributed by atoms with Crippen LogP contribution in [0.15, 0.2) is 42.5 Å². The van der Waals surface area contributed by atoms with Gasteiger partial charge in [0.05, 0.1) is 6.42 Å². The van der Waals surface area contributed by atoms with E-state index in [1.165, 1.54) is 6.32 Å². The van der Waals surface area contributed by atoms with Crippen molar-refractivity contribution in [2.24, 2.45) is 5.73 Å². The first-order valence-corrected chi connectivity index (χ1v) is 6.63. The summed E-state index contributed by atoms with van der Waals surface area (Å²) in [5, 5.41) is 19.8. The van der Waals surface area contributed by atoms with Crippen molar-refractivity contribution in [3.63, 3.8) is 0 Å². The molecule has 1 aliphatic rings. The molecule has 0 unspecified atom stereocenters. The monoisotopic (exact) mass is 269 g/mol. The van der Waals surface area contributed by atoms with E-state index >= 15 is 0 Å². The van der Waals surface area contributed by atoms with Gasteiger partial charge in [0.1, 0.15) is 11.5 Å². The molecule has 2 aromatic carbocycles. The van der Waals surface area contributed by atoms with Crippen LogP contribution in [0.1, 0.15) is 11.1 Å². The first-order valence-electron chi connectivity index (χ1n) is 6.63. The Morgan fingerprint density at radius 2 is 1.80 bits per heavy atom. The van der Waals surface area contributed by atoms with Gasteiger partial charge in [0.2, 0.25) is 0 Å². The van der Waals surface area contributed by atoms with E-state index in [-0.39, 0.29) is 0 Å². The van der Waals surface area contributed by atoms with Gasteiger partial charge in [0.25, 0.3) is 0 Å². The third-order valence-electron chi connectivity index (χ3n) is 3.64. The van der Waals surface area contributed by atoms with Gasteiger partial charge in [-0.2, -0.15) is 0 Å². The third-order valence-corrected chi connectivity index (χ3v) is 3.64. The second-order valence-electron chi connectivity index (χ2n) is 5.09. The van der Waals surface area contributed by atoms with Crippen molar-refractivity contribution in [3.8, 4) is 11.5 Å². The maximum atomic E-state index is 9.90. The summed E-state index contributed by atoms with van der Waals surface area (Å²) >= 11 is 0. The zero-order valence-electron chi connectivity index (χ0n) is 11.0. The van der Waals surface area contributed by atoms with Crippen molar-refractivity contribution in [2.75, 3.05) is 0 Å². The Morgan fingerprint density at radius 3 is 2.50 bits per heavy atom. The summed E-state index contributed by atoms with van der Waals surface area (Å²) < 4.78 is 5.73. The summed E-state index contributed by atoms with van der Waals surface area (Å²) in [5.74, 6) is 1.28. The van der Waals surface area contributed by atoms with E-state index in [1.807, 2.05) is 36.4 Å². The van der Waals surface area contributed by atoms with E-state index < -0.39 is 6.55 Å². The van der Waals surface area contributed by atoms with Crippen LogP contribution in [0.2, 0.25) is 0 Å². The molecule has 102 valence electrons. The normalized spacial score (nSPS) is 15.6. The van der Waals surface area contributed by atoms with Gasteiger partial charge in [-0.15, -0.1) is 0 Å². The van der Waals surface area contributed by atoms with E-state index in [1.54, 1.807) is 6.07 Å². The number of benzene rings is 2. The summed E-state index contributed by atoms with van der Waals surface area (Å²) in [4.78, 5) is 0. The third kappa shape index (κ3) is 2.39. The van der Waals surface area contributed by atoms with Crippen molar-refractivity contribution in [3.05, 3.63) is 59.9 Å². The summed E-state index contributed by atoms with van der Waals surface area (Å²) in [6, 6.07) is 12.9. The average Bonchev–Trinajstić information content (AvgIpc) is 2.75. The van der Waals surface area contributed by atoms with Crippen LogP contribution in [0.3, 0.4) is 0 Å². The SMILES string of the molecule is NCc1ccc(Oc2ccc3c(c2)[B-](O)(O)[CH+]C3)cc1. The molecular weight excluding hydrogens is 253 g/mol. The number of ether oxygens (including phenoxy) is 1. The van der Waals surface area contributed by atoms with Crippen LogP contribution < -0.4 is 15.9 Å². The molecular formula is C15H16BNO3. The van der Waals surface area contributed by atoms with Gasteiger partial charge < -0.3 is 20.5 Å². The highest BCUT2D eigenvalue weighted by atomic mass is 16.5. The molecule has 1 aliphatic heterocycles. The van der Waals surface area contributed by atoms with Crippen molar-refractivity contribution in [1.82, 2.24) is 0 Å². The van der Waals surface area contributed by atoms with Gasteiger partial charge in [-0.05, 0) is 41.7 Å². The van der Waals surface area contributed by atoms with Gasteiger partial charge in [-0.1, -0.05) is 23.7 Å². The Morgan fingerprint density at radius 1 is 1.10 bits per heavy atom. The van der Waals surface area contributed by atoms with Crippen LogP contribution >= 0.6 is 0 Å². The lowest BCUT2D eigenvalue weighted by Gasteiger charge is -2.15. The van der Waals surface area contributed by atoms with Crippen LogP contribution in [0, 0.1) is 6.32 Å². The molecule has 0 atom stereocenters. The largest absolute Gasteiger partial charge is 0.537 e. The molecule has 2 aromatic rings. The van der Waals surface area contributed by atoms with Gasteiger partial charge >= 0.3 is 6.55 Å². The van der Waals surface area contributed by atoms with Gasteiger partial charge in [-0.3, -0.25) is 0 Å². The predicted octanol–water partition coefficient (Wildman–Crippen LogP) is 0.871. The van der Waals surface area contributed by atoms with Crippen molar-refractivity contribution in [2.45, 2.75) is 13.0 Å². The van der Waals surface area contributed by atoms with Crippen molar-refractivity contribution < 1.29 is 14.8 Å². The lowest BCUT2D eigenvalue weighted by molar-refractivity contribution is 0.394. The van der Waals surface area contributed by atoms with Crippen LogP contribution in [0.5, 0.6) is 11.5 Å². The van der Waals surface area contributed by atoms with Crippen molar-refractivity contribution >= 4 is 12.0 Å². The quantitative estimate of drug-likeness (QED) is 0.571. The maximum absolute atomic E-state index is 9.90. The second kappa shape index (κ2) is 4.87. The highest BCUT2D eigenvalue weighted by Gasteiger charge is 2.40. The molecule has 0 spiro atoms. The van der Waals surface area contributed by atoms with Gasteiger partial charge in [0.15, 0.2) is 0 Å². The van der Waals surface area contributed by atoms with E-state index in [0.717, 1.165) is 11.1 Å². The number of hydrogen-bond acceptors (Lipinski definition) is 4. The van der Waals surface area contributed by atoms with E-state index in [4.69, 9.17) is 10.5 Å². The molecule has 0 radical (unpaired) electrons. The molecule has 4 N–H and O–H groups in total. The highest BCUT2D eigenvalue weighted by molar-refractivity contribution is 6.83. The minimum atomic E-state index is -2.53. The average molecular weight is 269 g/mol. The van der Waals surface area contributed by atoms with E-state index in [2.05, 4.69) is 0 Å². The zero-order valence-corrected chi connectivity index (χ0v) is 11.0. The molecule has 0 saturated heterocycles. The standard InChI is InChI=1S/C15H16BNO3/c17-10-11-1-4-13(5-2-11)20-14-6-3-12-7-8-16(18,19)15(12)9-14/h1-6,8-9,18-19H,7,10,17H2. The Balaban J connectivity index is 1.84. The molecule has 1 heterocycles. The van der Waals surface area contributed by atoms with Crippen LogP contribution in [0.25, 0.3) is 0 Å². The van der Waals surface area contributed by atoms with Crippen LogP contribution in [-0.2, 0) is 13.0 Å². The minimum absolute atomic E-state index is 0.495. The second-order valence-corrected chi connectivity index (χ2v) is 5.09. The molecule has 20 heavy (non-hydrogen) atoms. The number of hydrogen-bond donors (Lipinski definition) is 3. The molecule has 5 heteroatoms. The van der Waals surface area contributed by atoms with E-state index in [0.29, 0.717) is 29.9 Å². The molecule has 0 aliphatic carbocycles. The summed E-state index contributed by atoms with van der Waals surface area (Å²) in [6.45, 7) is -2.04. The topological polar surface area (TPSA) is 75.7 Å². The fourth-order valence-corrected chi connectivity index (χ4v) is 2.47. The molecule has 0 fully saturated rings. The molecule has 4 nitrogen and oxygen atoms in total.